The quantitative estimate of drug-likeness (QED) is 0.761. The lowest BCUT2D eigenvalue weighted by atomic mass is 9.83. The van der Waals surface area contributed by atoms with Crippen LogP contribution in [0.4, 0.5) is 0 Å². The fraction of sp³-hybridized carbons (Fsp3) is 0.667. The molecule has 0 amide bonds. The van der Waals surface area contributed by atoms with Crippen LogP contribution in [0.15, 0.2) is 35.2 Å². The van der Waals surface area contributed by atoms with Gasteiger partial charge in [-0.15, -0.1) is 0 Å². The normalized spacial score (nSPS) is 31.3. The molecule has 3 saturated heterocycles. The van der Waals surface area contributed by atoms with Gasteiger partial charge in [-0.1, -0.05) is 20.8 Å². The summed E-state index contributed by atoms with van der Waals surface area (Å²) >= 11 is 0. The molecular formula is C24H34N4O3. The number of aromatic nitrogens is 2. The maximum absolute atomic E-state index is 10.2. The van der Waals surface area contributed by atoms with Crippen molar-refractivity contribution >= 4 is 0 Å². The van der Waals surface area contributed by atoms with Gasteiger partial charge in [-0.25, -0.2) is 9.97 Å². The minimum atomic E-state index is -0.164. The summed E-state index contributed by atoms with van der Waals surface area (Å²) in [6, 6.07) is 3.71. The van der Waals surface area contributed by atoms with Gasteiger partial charge in [-0.05, 0) is 30.5 Å². The first-order valence-electron chi connectivity index (χ1n) is 11.4. The van der Waals surface area contributed by atoms with Gasteiger partial charge < -0.3 is 14.3 Å². The number of rotatable bonds is 6. The van der Waals surface area contributed by atoms with E-state index >= 15 is 0 Å². The van der Waals surface area contributed by atoms with Gasteiger partial charge in [0.2, 0.25) is 0 Å². The van der Waals surface area contributed by atoms with E-state index in [1.54, 1.807) is 6.26 Å². The summed E-state index contributed by atoms with van der Waals surface area (Å²) < 4.78 is 12.0. The van der Waals surface area contributed by atoms with Crippen molar-refractivity contribution in [2.45, 2.75) is 45.4 Å². The molecule has 3 aliphatic rings. The average molecular weight is 427 g/mol. The van der Waals surface area contributed by atoms with Crippen LogP contribution in [0.3, 0.4) is 0 Å². The lowest BCUT2D eigenvalue weighted by Crippen LogP contribution is -2.54. The lowest BCUT2D eigenvalue weighted by Gasteiger charge is -2.41. The molecule has 1 spiro atoms. The van der Waals surface area contributed by atoms with Crippen molar-refractivity contribution in [1.29, 1.82) is 0 Å². The number of likely N-dealkylation sites (tertiary alicyclic amines) is 2. The van der Waals surface area contributed by atoms with Crippen LogP contribution in [0.2, 0.25) is 0 Å². The maximum Gasteiger partial charge on any atom is 0.195 e. The fourth-order valence-corrected chi connectivity index (χ4v) is 5.63. The van der Waals surface area contributed by atoms with Crippen molar-refractivity contribution in [3.05, 3.63) is 36.4 Å². The zero-order chi connectivity index (χ0) is 21.6. The summed E-state index contributed by atoms with van der Waals surface area (Å²) in [7, 11) is 0. The Hall–Kier alpha value is -1.80. The molecular weight excluding hydrogens is 392 g/mol. The number of morpholine rings is 1. The second-order valence-corrected chi connectivity index (χ2v) is 10.8. The summed E-state index contributed by atoms with van der Waals surface area (Å²) in [5.74, 6) is 1.90. The Morgan fingerprint density at radius 3 is 2.61 bits per heavy atom. The first-order chi connectivity index (χ1) is 14.9. The molecule has 5 heterocycles. The van der Waals surface area contributed by atoms with Crippen molar-refractivity contribution in [3.63, 3.8) is 0 Å². The Kier molecular flexibility index (Phi) is 5.41. The van der Waals surface area contributed by atoms with E-state index in [1.165, 1.54) is 6.42 Å². The lowest BCUT2D eigenvalue weighted by molar-refractivity contribution is -0.119. The van der Waals surface area contributed by atoms with Crippen LogP contribution in [-0.4, -0.2) is 75.9 Å². The zero-order valence-electron chi connectivity index (χ0n) is 18.8. The monoisotopic (exact) mass is 426 g/mol. The van der Waals surface area contributed by atoms with Crippen LogP contribution in [0.1, 0.15) is 32.8 Å². The molecule has 1 N–H and O–H groups in total. The molecule has 0 unspecified atom stereocenters. The first-order valence-corrected chi connectivity index (χ1v) is 11.4. The van der Waals surface area contributed by atoms with Crippen LogP contribution >= 0.6 is 0 Å². The van der Waals surface area contributed by atoms with Crippen LogP contribution < -0.4 is 0 Å². The van der Waals surface area contributed by atoms with E-state index in [-0.39, 0.29) is 24.2 Å². The standard InChI is InChI=1S/C24H34N4O3/c1-23(2,3)6-7-27-13-21-18(14-29)19-12-28(16-24(19,15-27)31-21)11-17-9-25-22(26-10-17)20-5-4-8-30-20/h4-5,8-10,18-19,21,29H,6-7,11-16H2,1-3H3/t18-,19+,21+,24+/m0/s1. The van der Waals surface area contributed by atoms with Crippen LogP contribution in [0.5, 0.6) is 0 Å². The number of ether oxygens (including phenoxy) is 1. The summed E-state index contributed by atoms with van der Waals surface area (Å²) in [6.45, 7) is 12.8. The highest BCUT2D eigenvalue weighted by molar-refractivity contribution is 5.45. The van der Waals surface area contributed by atoms with E-state index in [2.05, 4.69) is 40.5 Å². The minimum Gasteiger partial charge on any atom is -0.461 e. The summed E-state index contributed by atoms with van der Waals surface area (Å²) in [4.78, 5) is 14.0. The molecule has 7 heteroatoms. The molecule has 3 fully saturated rings. The molecule has 0 radical (unpaired) electrons. The summed E-state index contributed by atoms with van der Waals surface area (Å²) in [5.41, 5.74) is 1.25. The number of aliphatic hydroxyl groups is 1. The third-order valence-corrected chi connectivity index (χ3v) is 7.17. The number of hydrogen-bond acceptors (Lipinski definition) is 7. The SMILES string of the molecule is CC(C)(C)CCN1C[C@H]2O[C@@]3(CN(Cc4cnc(-c5ccco5)nc4)C[C@@H]3[C@@H]2CO)C1. The van der Waals surface area contributed by atoms with Crippen LogP contribution in [0, 0.1) is 17.3 Å². The minimum absolute atomic E-state index is 0.154. The van der Waals surface area contributed by atoms with Gasteiger partial charge in [0.15, 0.2) is 11.6 Å². The van der Waals surface area contributed by atoms with Crippen molar-refractivity contribution < 1.29 is 14.3 Å². The van der Waals surface area contributed by atoms with E-state index in [9.17, 15) is 5.11 Å². The molecule has 3 aliphatic heterocycles. The second kappa shape index (κ2) is 7.96. The van der Waals surface area contributed by atoms with Crippen molar-refractivity contribution in [1.82, 2.24) is 19.8 Å². The molecule has 7 nitrogen and oxygen atoms in total. The molecule has 0 saturated carbocycles. The average Bonchev–Trinajstić information content (AvgIpc) is 3.40. The Morgan fingerprint density at radius 1 is 1.16 bits per heavy atom. The van der Waals surface area contributed by atoms with Gasteiger partial charge >= 0.3 is 0 Å². The molecule has 0 aliphatic carbocycles. The molecule has 2 aromatic rings. The van der Waals surface area contributed by atoms with E-state index in [0.29, 0.717) is 22.9 Å². The molecule has 31 heavy (non-hydrogen) atoms. The number of hydrogen-bond donors (Lipinski definition) is 1. The van der Waals surface area contributed by atoms with Crippen molar-refractivity contribution in [2.24, 2.45) is 17.3 Å². The van der Waals surface area contributed by atoms with E-state index in [1.807, 2.05) is 24.5 Å². The van der Waals surface area contributed by atoms with Crippen molar-refractivity contribution in [2.75, 3.05) is 39.3 Å². The highest BCUT2D eigenvalue weighted by Crippen LogP contribution is 2.49. The highest BCUT2D eigenvalue weighted by atomic mass is 16.5. The smallest absolute Gasteiger partial charge is 0.195 e. The molecule has 5 rings (SSSR count). The largest absolute Gasteiger partial charge is 0.461 e. The third-order valence-electron chi connectivity index (χ3n) is 7.17. The predicted octanol–water partition coefficient (Wildman–Crippen LogP) is 2.67. The van der Waals surface area contributed by atoms with Gasteiger partial charge in [-0.3, -0.25) is 9.80 Å². The molecule has 4 atom stereocenters. The summed E-state index contributed by atoms with van der Waals surface area (Å²) in [5, 5.41) is 10.2. The molecule has 2 aromatic heterocycles. The highest BCUT2D eigenvalue weighted by Gasteiger charge is 2.61. The van der Waals surface area contributed by atoms with Gasteiger partial charge in [-0.2, -0.15) is 0 Å². The first kappa shape index (κ1) is 21.1. The summed E-state index contributed by atoms with van der Waals surface area (Å²) in [6.07, 6.45) is 6.74. The number of furan rings is 1. The van der Waals surface area contributed by atoms with Crippen LogP contribution in [-0.2, 0) is 11.3 Å². The number of fused-ring (bicyclic) bond motifs is 1. The van der Waals surface area contributed by atoms with Crippen LogP contribution in [0.25, 0.3) is 11.6 Å². The van der Waals surface area contributed by atoms with Gasteiger partial charge in [0.1, 0.15) is 0 Å². The zero-order valence-corrected chi connectivity index (χ0v) is 18.8. The Morgan fingerprint density at radius 2 is 1.94 bits per heavy atom. The Labute approximate surface area is 184 Å². The molecule has 0 aromatic carbocycles. The van der Waals surface area contributed by atoms with E-state index in [4.69, 9.17) is 9.15 Å². The number of nitrogens with zero attached hydrogens (tertiary/aromatic N) is 4. The van der Waals surface area contributed by atoms with Crippen molar-refractivity contribution in [3.8, 4) is 11.6 Å². The molecule has 168 valence electrons. The molecule has 2 bridgehead atoms. The second-order valence-electron chi connectivity index (χ2n) is 10.8. The third kappa shape index (κ3) is 4.16. The Balaban J connectivity index is 1.27. The van der Waals surface area contributed by atoms with Gasteiger partial charge in [0.25, 0.3) is 0 Å². The van der Waals surface area contributed by atoms with Gasteiger partial charge in [0.05, 0.1) is 18.0 Å². The predicted molar refractivity (Wildman–Crippen MR) is 117 cm³/mol. The van der Waals surface area contributed by atoms with Gasteiger partial charge in [0, 0.05) is 69.1 Å². The topological polar surface area (TPSA) is 74.9 Å². The maximum atomic E-state index is 10.2. The van der Waals surface area contributed by atoms with E-state index in [0.717, 1.165) is 44.8 Å². The fourth-order valence-electron chi connectivity index (χ4n) is 5.63. The number of aliphatic hydroxyl groups excluding tert-OH is 1. The van der Waals surface area contributed by atoms with E-state index < -0.39 is 0 Å². The Bertz CT molecular complexity index is 879.